The van der Waals surface area contributed by atoms with Gasteiger partial charge in [-0.15, -0.1) is 0 Å². The zero-order chi connectivity index (χ0) is 18.4. The number of hydrogen-bond donors (Lipinski definition) is 3. The van der Waals surface area contributed by atoms with Crippen molar-refractivity contribution in [1.29, 1.82) is 0 Å². The lowest BCUT2D eigenvalue weighted by Gasteiger charge is -2.20. The Balaban J connectivity index is 1.85. The van der Waals surface area contributed by atoms with Gasteiger partial charge in [-0.25, -0.2) is 0 Å². The highest BCUT2D eigenvalue weighted by atomic mass is 35.5. The van der Waals surface area contributed by atoms with Crippen LogP contribution in [0.15, 0.2) is 48.5 Å². The molecular formula is C18H22Cl2NO3P. The molecule has 1 unspecified atom stereocenters. The van der Waals surface area contributed by atoms with Crippen LogP contribution in [0.25, 0.3) is 0 Å². The van der Waals surface area contributed by atoms with Gasteiger partial charge < -0.3 is 15.3 Å². The van der Waals surface area contributed by atoms with Crippen LogP contribution >= 0.6 is 30.6 Å². The molecule has 25 heavy (non-hydrogen) atoms. The van der Waals surface area contributed by atoms with Crippen LogP contribution in [-0.2, 0) is 10.7 Å². The molecule has 7 heteroatoms. The summed E-state index contributed by atoms with van der Waals surface area (Å²) < 4.78 is 12.3. The lowest BCUT2D eigenvalue weighted by atomic mass is 10.1. The van der Waals surface area contributed by atoms with E-state index in [1.54, 1.807) is 24.3 Å². The average Bonchev–Trinajstić information content (AvgIpc) is 2.55. The Morgan fingerprint density at radius 3 is 2.44 bits per heavy atom. The van der Waals surface area contributed by atoms with Crippen LogP contribution in [0.5, 0.6) is 0 Å². The van der Waals surface area contributed by atoms with Crippen LogP contribution in [-0.4, -0.2) is 28.8 Å². The van der Waals surface area contributed by atoms with E-state index in [2.05, 4.69) is 5.32 Å². The molecule has 2 aromatic carbocycles. The molecule has 0 aromatic heterocycles. The zero-order valence-electron chi connectivity index (χ0n) is 13.9. The van der Waals surface area contributed by atoms with E-state index in [0.29, 0.717) is 10.0 Å². The lowest BCUT2D eigenvalue weighted by Crippen LogP contribution is -2.31. The molecule has 0 saturated carbocycles. The molecule has 0 fully saturated rings. The highest BCUT2D eigenvalue weighted by Gasteiger charge is 2.23. The Bertz CT molecular complexity index is 742. The summed E-state index contributed by atoms with van der Waals surface area (Å²) in [4.78, 5) is 10.1. The molecule has 0 heterocycles. The van der Waals surface area contributed by atoms with Gasteiger partial charge >= 0.3 is 0 Å². The van der Waals surface area contributed by atoms with E-state index in [1.807, 2.05) is 31.2 Å². The normalized spacial score (nSPS) is 16.2. The maximum Gasteiger partial charge on any atom is 0.207 e. The number of benzene rings is 2. The minimum atomic E-state index is -3.45. The summed E-state index contributed by atoms with van der Waals surface area (Å²) >= 11 is 11.9. The first-order chi connectivity index (χ1) is 11.8. The number of rotatable bonds is 8. The van der Waals surface area contributed by atoms with Crippen molar-refractivity contribution in [2.24, 2.45) is 0 Å². The molecular weight excluding hydrogens is 380 g/mol. The maximum absolute atomic E-state index is 12.3. The summed E-state index contributed by atoms with van der Waals surface area (Å²) in [5, 5.41) is 14.2. The van der Waals surface area contributed by atoms with Gasteiger partial charge in [-0.3, -0.25) is 4.57 Å². The number of aliphatic hydroxyl groups is 1. The Kier molecular flexibility index (Phi) is 7.51. The molecule has 0 spiro atoms. The molecule has 0 bridgehead atoms. The summed E-state index contributed by atoms with van der Waals surface area (Å²) in [6, 6.07) is 14.4. The van der Waals surface area contributed by atoms with Gasteiger partial charge in [0, 0.05) is 18.7 Å². The Morgan fingerprint density at radius 2 is 1.80 bits per heavy atom. The molecule has 0 aliphatic rings. The van der Waals surface area contributed by atoms with E-state index in [-0.39, 0.29) is 24.9 Å². The third-order valence-corrected chi connectivity index (χ3v) is 6.46. The van der Waals surface area contributed by atoms with Crippen LogP contribution < -0.4 is 5.32 Å². The van der Waals surface area contributed by atoms with E-state index < -0.39 is 13.5 Å². The summed E-state index contributed by atoms with van der Waals surface area (Å²) in [7, 11) is -3.45. The van der Waals surface area contributed by atoms with Gasteiger partial charge in [0.25, 0.3) is 0 Å². The molecule has 2 aromatic rings. The van der Waals surface area contributed by atoms with Crippen molar-refractivity contribution in [3.63, 3.8) is 0 Å². The maximum atomic E-state index is 12.3. The second-order valence-corrected chi connectivity index (χ2v) is 9.32. The Morgan fingerprint density at radius 1 is 1.12 bits per heavy atom. The predicted octanol–water partition coefficient (Wildman–Crippen LogP) is 4.48. The fraction of sp³-hybridized carbons (Fsp3) is 0.333. The van der Waals surface area contributed by atoms with E-state index >= 15 is 0 Å². The van der Waals surface area contributed by atoms with Gasteiger partial charge in [0.15, 0.2) is 0 Å². The lowest BCUT2D eigenvalue weighted by molar-refractivity contribution is 0.186. The molecule has 0 saturated heterocycles. The Labute approximate surface area is 158 Å². The zero-order valence-corrected chi connectivity index (χ0v) is 16.3. The monoisotopic (exact) mass is 401 g/mol. The van der Waals surface area contributed by atoms with E-state index in [1.165, 1.54) is 0 Å². The number of hydrogen-bond acceptors (Lipinski definition) is 3. The molecule has 0 aliphatic heterocycles. The van der Waals surface area contributed by atoms with Crippen LogP contribution in [0.2, 0.25) is 10.0 Å². The molecule has 0 radical (unpaired) electrons. The molecule has 0 amide bonds. The van der Waals surface area contributed by atoms with Gasteiger partial charge in [-0.2, -0.15) is 0 Å². The first-order valence-electron chi connectivity index (χ1n) is 7.98. The number of nitrogens with one attached hydrogen (secondary N) is 1. The van der Waals surface area contributed by atoms with Crippen LogP contribution in [0.1, 0.15) is 24.1 Å². The van der Waals surface area contributed by atoms with Crippen molar-refractivity contribution in [3.8, 4) is 0 Å². The fourth-order valence-corrected chi connectivity index (χ4v) is 4.54. The number of aliphatic hydroxyl groups excluding tert-OH is 1. The highest BCUT2D eigenvalue weighted by Crippen LogP contribution is 2.44. The van der Waals surface area contributed by atoms with Crippen molar-refractivity contribution in [3.05, 3.63) is 69.7 Å². The van der Waals surface area contributed by atoms with Gasteiger partial charge in [-0.1, -0.05) is 59.6 Å². The first-order valence-corrected chi connectivity index (χ1v) is 10.8. The van der Waals surface area contributed by atoms with Gasteiger partial charge in [0.2, 0.25) is 7.37 Å². The van der Waals surface area contributed by atoms with Crippen molar-refractivity contribution >= 4 is 30.6 Å². The minimum Gasteiger partial charge on any atom is -0.391 e. The van der Waals surface area contributed by atoms with Crippen LogP contribution in [0, 0.1) is 0 Å². The van der Waals surface area contributed by atoms with Crippen LogP contribution in [0.4, 0.5) is 0 Å². The fourth-order valence-electron chi connectivity index (χ4n) is 2.54. The van der Waals surface area contributed by atoms with Gasteiger partial charge in [0.1, 0.15) is 0 Å². The molecule has 3 atom stereocenters. The summed E-state index contributed by atoms with van der Waals surface area (Å²) in [6.07, 6.45) is -0.999. The molecule has 0 aliphatic carbocycles. The van der Waals surface area contributed by atoms with Crippen molar-refractivity contribution in [2.75, 3.05) is 12.7 Å². The van der Waals surface area contributed by atoms with E-state index in [9.17, 15) is 14.6 Å². The second-order valence-electron chi connectivity index (χ2n) is 6.13. The summed E-state index contributed by atoms with van der Waals surface area (Å²) in [5.74, 6) is 0. The SMILES string of the molecule is C[C@@H](NC[C@H](O)CP(=O)(O)Cc1ccccc1)c1ccc(Cl)c(Cl)c1. The molecule has 136 valence electrons. The highest BCUT2D eigenvalue weighted by molar-refractivity contribution is 7.57. The predicted molar refractivity (Wildman–Crippen MR) is 104 cm³/mol. The molecule has 3 N–H and O–H groups in total. The largest absolute Gasteiger partial charge is 0.391 e. The minimum absolute atomic E-state index is 0.0627. The Hall–Kier alpha value is -0.870. The average molecular weight is 402 g/mol. The number of halogens is 2. The van der Waals surface area contributed by atoms with Gasteiger partial charge in [-0.05, 0) is 30.2 Å². The quantitative estimate of drug-likeness (QED) is 0.570. The topological polar surface area (TPSA) is 69.6 Å². The van der Waals surface area contributed by atoms with E-state index in [4.69, 9.17) is 23.2 Å². The van der Waals surface area contributed by atoms with Gasteiger partial charge in [0.05, 0.1) is 22.3 Å². The third-order valence-electron chi connectivity index (χ3n) is 3.87. The molecule has 4 nitrogen and oxygen atoms in total. The summed E-state index contributed by atoms with van der Waals surface area (Å²) in [6.45, 7) is 2.13. The standard InChI is InChI=1S/C18H22Cl2NO3P/c1-13(15-7-8-17(19)18(20)9-15)21-10-16(22)12-25(23,24)11-14-5-3-2-4-6-14/h2-9,13,16,21-22H,10-12H2,1H3,(H,23,24)/t13-,16+/m1/s1. The van der Waals surface area contributed by atoms with Crippen molar-refractivity contribution < 1.29 is 14.6 Å². The third kappa shape index (κ3) is 6.74. The first kappa shape index (κ1) is 20.4. The smallest absolute Gasteiger partial charge is 0.207 e. The van der Waals surface area contributed by atoms with Crippen LogP contribution in [0.3, 0.4) is 0 Å². The van der Waals surface area contributed by atoms with E-state index in [0.717, 1.165) is 11.1 Å². The van der Waals surface area contributed by atoms with Crippen molar-refractivity contribution in [1.82, 2.24) is 5.32 Å². The summed E-state index contributed by atoms with van der Waals surface area (Å²) in [5.41, 5.74) is 1.72. The second kappa shape index (κ2) is 9.18. The van der Waals surface area contributed by atoms with Crippen molar-refractivity contribution in [2.45, 2.75) is 25.2 Å². The molecule has 2 rings (SSSR count).